The predicted molar refractivity (Wildman–Crippen MR) is 40.6 cm³/mol. The summed E-state index contributed by atoms with van der Waals surface area (Å²) in [4.78, 5) is 10.5. The number of halogens is 2. The number of allylic oxidation sites excluding steroid dienone is 2. The molecular formula is C8H9F2NO. The Morgan fingerprint density at radius 3 is 2.75 bits per heavy atom. The molecule has 0 bridgehead atoms. The fourth-order valence-electron chi connectivity index (χ4n) is 1.01. The van der Waals surface area contributed by atoms with Gasteiger partial charge in [0.15, 0.2) is 11.7 Å². The van der Waals surface area contributed by atoms with Gasteiger partial charge in [-0.15, -0.1) is 0 Å². The van der Waals surface area contributed by atoms with Gasteiger partial charge in [0.05, 0.1) is 6.04 Å². The third kappa shape index (κ3) is 2.15. The predicted octanol–water partition coefficient (Wildman–Crippen LogP) is 1.60. The molecule has 0 heterocycles. The molecular weight excluding hydrogens is 164 g/mol. The minimum Gasteiger partial charge on any atom is -0.350 e. The lowest BCUT2D eigenvalue weighted by molar-refractivity contribution is -0.119. The second-order valence-electron chi connectivity index (χ2n) is 2.61. The zero-order valence-electron chi connectivity index (χ0n) is 6.60. The van der Waals surface area contributed by atoms with Gasteiger partial charge in [0.2, 0.25) is 5.91 Å². The molecule has 0 spiro atoms. The summed E-state index contributed by atoms with van der Waals surface area (Å²) in [5.74, 6) is -2.00. The van der Waals surface area contributed by atoms with Gasteiger partial charge in [-0.2, -0.15) is 0 Å². The molecule has 0 aromatic heterocycles. The highest BCUT2D eigenvalue weighted by Crippen LogP contribution is 2.20. The number of nitrogens with one attached hydrogen (secondary N) is 1. The van der Waals surface area contributed by atoms with Gasteiger partial charge in [-0.3, -0.25) is 4.79 Å². The summed E-state index contributed by atoms with van der Waals surface area (Å²) in [6.07, 6.45) is 2.49. The standard InChI is InChI=1S/C8H9F2NO/c1-5(12)11-6-2-3-7(9)8(10)4-6/h3-4,6H,2H2,1H3,(H,11,12). The maximum absolute atomic E-state index is 12.5. The Bertz CT molecular complexity index is 258. The minimum atomic E-state index is -0.903. The molecule has 0 aromatic rings. The fourth-order valence-corrected chi connectivity index (χ4v) is 1.01. The number of rotatable bonds is 1. The normalized spacial score (nSPS) is 22.8. The van der Waals surface area contributed by atoms with Crippen molar-refractivity contribution in [3.8, 4) is 0 Å². The molecule has 0 aromatic carbocycles. The van der Waals surface area contributed by atoms with E-state index in [0.29, 0.717) is 6.42 Å². The molecule has 12 heavy (non-hydrogen) atoms. The van der Waals surface area contributed by atoms with Gasteiger partial charge in [-0.05, 0) is 18.6 Å². The van der Waals surface area contributed by atoms with Crippen molar-refractivity contribution in [2.24, 2.45) is 0 Å². The highest BCUT2D eigenvalue weighted by Gasteiger charge is 2.15. The maximum atomic E-state index is 12.5. The van der Waals surface area contributed by atoms with Gasteiger partial charge >= 0.3 is 0 Å². The van der Waals surface area contributed by atoms with Crippen molar-refractivity contribution in [3.63, 3.8) is 0 Å². The average molecular weight is 173 g/mol. The number of carbonyl (C=O) groups excluding carboxylic acids is 1. The van der Waals surface area contributed by atoms with Crippen molar-refractivity contribution in [3.05, 3.63) is 23.8 Å². The van der Waals surface area contributed by atoms with Crippen molar-refractivity contribution < 1.29 is 13.6 Å². The number of amides is 1. The SMILES string of the molecule is CC(=O)NC1C=C(F)C(F)=CC1. The van der Waals surface area contributed by atoms with Crippen molar-refractivity contribution in [1.82, 2.24) is 5.32 Å². The Kier molecular flexibility index (Phi) is 2.58. The lowest BCUT2D eigenvalue weighted by atomic mass is 10.1. The summed E-state index contributed by atoms with van der Waals surface area (Å²) in [5, 5.41) is 2.47. The summed E-state index contributed by atoms with van der Waals surface area (Å²) in [5.41, 5.74) is 0. The second kappa shape index (κ2) is 3.47. The Morgan fingerprint density at radius 2 is 2.25 bits per heavy atom. The first-order valence-corrected chi connectivity index (χ1v) is 3.60. The molecule has 0 saturated carbocycles. The van der Waals surface area contributed by atoms with Crippen molar-refractivity contribution >= 4 is 5.91 Å². The van der Waals surface area contributed by atoms with Crippen LogP contribution in [0.2, 0.25) is 0 Å². The van der Waals surface area contributed by atoms with E-state index in [1.54, 1.807) is 0 Å². The molecule has 1 N–H and O–H groups in total. The highest BCUT2D eigenvalue weighted by atomic mass is 19.2. The van der Waals surface area contributed by atoms with Crippen LogP contribution in [0, 0.1) is 0 Å². The molecule has 2 nitrogen and oxygen atoms in total. The zero-order valence-corrected chi connectivity index (χ0v) is 6.60. The van der Waals surface area contributed by atoms with Crippen molar-refractivity contribution in [2.45, 2.75) is 19.4 Å². The molecule has 66 valence electrons. The topological polar surface area (TPSA) is 29.1 Å². The van der Waals surface area contributed by atoms with E-state index in [2.05, 4.69) is 5.32 Å². The minimum absolute atomic E-state index is 0.250. The highest BCUT2D eigenvalue weighted by molar-refractivity contribution is 5.73. The van der Waals surface area contributed by atoms with Crippen molar-refractivity contribution in [1.29, 1.82) is 0 Å². The third-order valence-corrected chi connectivity index (χ3v) is 1.52. The smallest absolute Gasteiger partial charge is 0.217 e. The van der Waals surface area contributed by atoms with Gasteiger partial charge < -0.3 is 5.32 Å². The third-order valence-electron chi connectivity index (χ3n) is 1.52. The summed E-state index contributed by atoms with van der Waals surface area (Å²) in [7, 11) is 0. The fraction of sp³-hybridized carbons (Fsp3) is 0.375. The van der Waals surface area contributed by atoms with Crippen LogP contribution in [0.3, 0.4) is 0 Å². The quantitative estimate of drug-likeness (QED) is 0.641. The number of carbonyl (C=O) groups is 1. The van der Waals surface area contributed by atoms with Gasteiger partial charge in [-0.1, -0.05) is 0 Å². The molecule has 0 fully saturated rings. The van der Waals surface area contributed by atoms with E-state index in [9.17, 15) is 13.6 Å². The Morgan fingerprint density at radius 1 is 1.58 bits per heavy atom. The van der Waals surface area contributed by atoms with Crippen LogP contribution in [0.1, 0.15) is 13.3 Å². The van der Waals surface area contributed by atoms with Gasteiger partial charge in [0.25, 0.3) is 0 Å². The first-order chi connectivity index (χ1) is 5.59. The molecule has 1 rings (SSSR count). The molecule has 0 aliphatic heterocycles. The van der Waals surface area contributed by atoms with E-state index < -0.39 is 17.7 Å². The van der Waals surface area contributed by atoms with E-state index in [1.165, 1.54) is 6.92 Å². The number of hydrogen-bond acceptors (Lipinski definition) is 1. The molecule has 0 radical (unpaired) electrons. The molecule has 4 heteroatoms. The van der Waals surface area contributed by atoms with Crippen LogP contribution in [0.15, 0.2) is 23.8 Å². The monoisotopic (exact) mass is 173 g/mol. The van der Waals surface area contributed by atoms with E-state index in [-0.39, 0.29) is 5.91 Å². The largest absolute Gasteiger partial charge is 0.350 e. The lowest BCUT2D eigenvalue weighted by Gasteiger charge is -2.14. The van der Waals surface area contributed by atoms with Crippen molar-refractivity contribution in [2.75, 3.05) is 0 Å². The maximum Gasteiger partial charge on any atom is 0.217 e. The van der Waals surface area contributed by atoms with E-state index in [4.69, 9.17) is 0 Å². The Labute approximate surface area is 69.0 Å². The van der Waals surface area contributed by atoms with Crippen LogP contribution in [-0.2, 0) is 4.79 Å². The summed E-state index contributed by atoms with van der Waals surface area (Å²) in [6.45, 7) is 1.33. The van der Waals surface area contributed by atoms with E-state index in [0.717, 1.165) is 12.2 Å². The van der Waals surface area contributed by atoms with Crippen LogP contribution in [-0.4, -0.2) is 11.9 Å². The Hall–Kier alpha value is -1.19. The lowest BCUT2D eigenvalue weighted by Crippen LogP contribution is -2.32. The molecule has 0 saturated heterocycles. The molecule has 1 aliphatic rings. The van der Waals surface area contributed by atoms with E-state index >= 15 is 0 Å². The average Bonchev–Trinajstić information content (AvgIpc) is 1.96. The van der Waals surface area contributed by atoms with E-state index in [1.807, 2.05) is 0 Å². The van der Waals surface area contributed by atoms with Gasteiger partial charge in [-0.25, -0.2) is 8.78 Å². The molecule has 1 atom stereocenters. The number of hydrogen-bond donors (Lipinski definition) is 1. The Balaban J connectivity index is 2.59. The molecule has 1 amide bonds. The molecule has 1 unspecified atom stereocenters. The van der Waals surface area contributed by atoms with Gasteiger partial charge in [0, 0.05) is 6.92 Å². The van der Waals surface area contributed by atoms with Crippen LogP contribution in [0.4, 0.5) is 8.78 Å². The summed E-state index contributed by atoms with van der Waals surface area (Å²) < 4.78 is 24.9. The van der Waals surface area contributed by atoms with Crippen LogP contribution in [0.5, 0.6) is 0 Å². The molecule has 1 aliphatic carbocycles. The first-order valence-electron chi connectivity index (χ1n) is 3.60. The zero-order chi connectivity index (χ0) is 9.14. The second-order valence-corrected chi connectivity index (χ2v) is 2.61. The summed E-state index contributed by atoms with van der Waals surface area (Å²) >= 11 is 0. The van der Waals surface area contributed by atoms with Gasteiger partial charge in [0.1, 0.15) is 0 Å². The first kappa shape index (κ1) is 8.90. The van der Waals surface area contributed by atoms with Crippen LogP contribution >= 0.6 is 0 Å². The summed E-state index contributed by atoms with van der Waals surface area (Å²) in [6, 6.07) is -0.415. The van der Waals surface area contributed by atoms with Crippen LogP contribution < -0.4 is 5.32 Å². The van der Waals surface area contributed by atoms with Crippen LogP contribution in [0.25, 0.3) is 0 Å².